The molecule has 0 aliphatic carbocycles. The Morgan fingerprint density at radius 3 is 2.23 bits per heavy atom. The molecule has 1 aliphatic rings. The zero-order chi connectivity index (χ0) is 22.4. The summed E-state index contributed by atoms with van der Waals surface area (Å²) in [6.07, 6.45) is 5.33. The number of rotatable bonds is 6. The number of hydrogen-bond acceptors (Lipinski definition) is 6. The van der Waals surface area contributed by atoms with Crippen molar-refractivity contribution in [1.29, 1.82) is 0 Å². The molecule has 166 valence electrons. The predicted octanol–water partition coefficient (Wildman–Crippen LogP) is 3.81. The van der Waals surface area contributed by atoms with Crippen LogP contribution < -0.4 is 9.46 Å². The molecule has 0 unspecified atom stereocenters. The Bertz CT molecular complexity index is 1050. The topological polar surface area (TPSA) is 119 Å². The third-order valence-electron chi connectivity index (χ3n) is 5.19. The van der Waals surface area contributed by atoms with E-state index in [0.29, 0.717) is 18.7 Å². The van der Waals surface area contributed by atoms with Crippen molar-refractivity contribution in [3.8, 4) is 5.75 Å². The van der Waals surface area contributed by atoms with Gasteiger partial charge in [-0.2, -0.15) is 0 Å². The molecule has 0 aromatic heterocycles. The van der Waals surface area contributed by atoms with Gasteiger partial charge in [-0.25, -0.2) is 8.42 Å². The number of ether oxygens (including phenoxy) is 1. The Kier molecular flexibility index (Phi) is 7.11. The Morgan fingerprint density at radius 2 is 1.65 bits per heavy atom. The van der Waals surface area contributed by atoms with Crippen molar-refractivity contribution in [3.05, 3.63) is 58.1 Å². The minimum Gasteiger partial charge on any atom is -0.495 e. The molecule has 1 heterocycles. The van der Waals surface area contributed by atoms with Crippen molar-refractivity contribution < 1.29 is 22.9 Å². The van der Waals surface area contributed by atoms with E-state index in [2.05, 4.69) is 4.72 Å². The molecule has 0 bridgehead atoms. The summed E-state index contributed by atoms with van der Waals surface area (Å²) in [7, 11) is -2.71. The number of nitro benzene ring substituents is 1. The number of hydrogen-bond donors (Lipinski definition) is 1. The molecule has 1 N–H and O–H groups in total. The van der Waals surface area contributed by atoms with Gasteiger partial charge in [0.25, 0.3) is 21.6 Å². The molecule has 31 heavy (non-hydrogen) atoms. The lowest BCUT2D eigenvalue weighted by Gasteiger charge is -2.25. The standard InChI is InChI=1S/C21H25N3O6S/c1-30-20-12-9-17(24(26)27)15-19(20)22-31(28,29)18-10-7-16(8-11-18)21(25)23-13-5-3-2-4-6-14-23/h7-12,15,22H,2-6,13-14H2,1H3. The van der Waals surface area contributed by atoms with Crippen LogP contribution in [-0.2, 0) is 10.0 Å². The van der Waals surface area contributed by atoms with Crippen LogP contribution in [0.5, 0.6) is 5.75 Å². The minimum absolute atomic E-state index is 0.0440. The average molecular weight is 448 g/mol. The van der Waals surface area contributed by atoms with E-state index < -0.39 is 14.9 Å². The molecular formula is C21H25N3O6S. The third-order valence-corrected chi connectivity index (χ3v) is 6.57. The van der Waals surface area contributed by atoms with Gasteiger partial charge >= 0.3 is 0 Å². The molecule has 10 heteroatoms. The molecule has 1 amide bonds. The fraction of sp³-hybridized carbons (Fsp3) is 0.381. The number of benzene rings is 2. The molecule has 2 aromatic rings. The lowest BCUT2D eigenvalue weighted by atomic mass is 10.1. The van der Waals surface area contributed by atoms with Crippen LogP contribution >= 0.6 is 0 Å². The second kappa shape index (κ2) is 9.78. The van der Waals surface area contributed by atoms with Crippen molar-refractivity contribution in [3.63, 3.8) is 0 Å². The highest BCUT2D eigenvalue weighted by Gasteiger charge is 2.21. The maximum atomic E-state index is 12.8. The molecule has 3 rings (SSSR count). The summed E-state index contributed by atoms with van der Waals surface area (Å²) in [5.41, 5.74) is 0.109. The number of sulfonamides is 1. The zero-order valence-corrected chi connectivity index (χ0v) is 18.1. The SMILES string of the molecule is COc1ccc([N+](=O)[O-])cc1NS(=O)(=O)c1ccc(C(=O)N2CCCCCCC2)cc1. The van der Waals surface area contributed by atoms with Gasteiger partial charge in [-0.1, -0.05) is 19.3 Å². The van der Waals surface area contributed by atoms with Crippen LogP contribution in [0.1, 0.15) is 42.5 Å². The van der Waals surface area contributed by atoms with Gasteiger partial charge in [0.15, 0.2) is 0 Å². The first-order valence-corrected chi connectivity index (χ1v) is 11.5. The van der Waals surface area contributed by atoms with E-state index in [1.54, 1.807) is 0 Å². The van der Waals surface area contributed by atoms with Gasteiger partial charge in [0.1, 0.15) is 5.75 Å². The Hall–Kier alpha value is -3.14. The zero-order valence-electron chi connectivity index (χ0n) is 17.2. The number of anilines is 1. The first-order chi connectivity index (χ1) is 14.8. The Balaban J connectivity index is 1.79. The van der Waals surface area contributed by atoms with Crippen LogP contribution in [0, 0.1) is 10.1 Å². The summed E-state index contributed by atoms with van der Waals surface area (Å²) in [4.78, 5) is 24.9. The smallest absolute Gasteiger partial charge is 0.271 e. The summed E-state index contributed by atoms with van der Waals surface area (Å²) < 4.78 is 33.0. The maximum Gasteiger partial charge on any atom is 0.271 e. The highest BCUT2D eigenvalue weighted by Crippen LogP contribution is 2.31. The largest absolute Gasteiger partial charge is 0.495 e. The summed E-state index contributed by atoms with van der Waals surface area (Å²) in [5, 5.41) is 11.0. The van der Waals surface area contributed by atoms with Crippen LogP contribution in [-0.4, -0.2) is 44.3 Å². The first kappa shape index (κ1) is 22.5. The summed E-state index contributed by atoms with van der Waals surface area (Å²) >= 11 is 0. The van der Waals surface area contributed by atoms with Crippen molar-refractivity contribution in [2.45, 2.75) is 37.0 Å². The van der Waals surface area contributed by atoms with Crippen molar-refractivity contribution in [1.82, 2.24) is 4.90 Å². The molecule has 0 radical (unpaired) electrons. The van der Waals surface area contributed by atoms with Gasteiger partial charge < -0.3 is 9.64 Å². The van der Waals surface area contributed by atoms with Crippen LogP contribution in [0.2, 0.25) is 0 Å². The number of nitrogens with zero attached hydrogens (tertiary/aromatic N) is 2. The first-order valence-electron chi connectivity index (χ1n) is 10.1. The number of nitrogens with one attached hydrogen (secondary N) is 1. The van der Waals surface area contributed by atoms with Gasteiger partial charge in [-0.05, 0) is 43.2 Å². The van der Waals surface area contributed by atoms with Gasteiger partial charge in [-0.3, -0.25) is 19.6 Å². The number of methoxy groups -OCH3 is 1. The maximum absolute atomic E-state index is 12.8. The quantitative estimate of drug-likeness (QED) is 0.531. The van der Waals surface area contributed by atoms with Crippen LogP contribution in [0.4, 0.5) is 11.4 Å². The van der Waals surface area contributed by atoms with Crippen molar-refractivity contribution in [2.24, 2.45) is 0 Å². The van der Waals surface area contributed by atoms with E-state index in [1.807, 2.05) is 4.90 Å². The number of amides is 1. The van der Waals surface area contributed by atoms with E-state index >= 15 is 0 Å². The van der Waals surface area contributed by atoms with Gasteiger partial charge in [-0.15, -0.1) is 0 Å². The highest BCUT2D eigenvalue weighted by atomic mass is 32.2. The summed E-state index contributed by atoms with van der Waals surface area (Å²) in [6, 6.07) is 9.31. The van der Waals surface area contributed by atoms with Crippen molar-refractivity contribution >= 4 is 27.3 Å². The number of likely N-dealkylation sites (tertiary alicyclic amines) is 1. The molecule has 1 fully saturated rings. The lowest BCUT2D eigenvalue weighted by Crippen LogP contribution is -2.33. The number of nitro groups is 1. The third kappa shape index (κ3) is 5.52. The number of carbonyl (C=O) groups excluding carboxylic acids is 1. The minimum atomic E-state index is -4.04. The van der Waals surface area contributed by atoms with E-state index in [0.717, 1.165) is 31.7 Å². The highest BCUT2D eigenvalue weighted by molar-refractivity contribution is 7.92. The molecule has 0 saturated carbocycles. The predicted molar refractivity (Wildman–Crippen MR) is 116 cm³/mol. The van der Waals surface area contributed by atoms with Crippen molar-refractivity contribution in [2.75, 3.05) is 24.9 Å². The van der Waals surface area contributed by atoms with Crippen LogP contribution in [0.15, 0.2) is 47.4 Å². The summed E-state index contributed by atoms with van der Waals surface area (Å²) in [6.45, 7) is 1.40. The molecule has 0 spiro atoms. The summed E-state index contributed by atoms with van der Waals surface area (Å²) in [5.74, 6) is 0.0391. The fourth-order valence-corrected chi connectivity index (χ4v) is 4.56. The molecular weight excluding hydrogens is 422 g/mol. The van der Waals surface area contributed by atoms with Crippen LogP contribution in [0.3, 0.4) is 0 Å². The normalized spacial score (nSPS) is 14.9. The van der Waals surface area contributed by atoms with E-state index in [4.69, 9.17) is 4.74 Å². The van der Waals surface area contributed by atoms with Gasteiger partial charge in [0, 0.05) is 30.8 Å². The van der Waals surface area contributed by atoms with E-state index in [-0.39, 0.29) is 27.9 Å². The lowest BCUT2D eigenvalue weighted by molar-refractivity contribution is -0.384. The molecule has 2 aromatic carbocycles. The second-order valence-corrected chi connectivity index (χ2v) is 9.01. The van der Waals surface area contributed by atoms with E-state index in [9.17, 15) is 23.3 Å². The van der Waals surface area contributed by atoms with E-state index in [1.165, 1.54) is 49.9 Å². The van der Waals surface area contributed by atoms with Gasteiger partial charge in [0.2, 0.25) is 0 Å². The molecule has 1 aliphatic heterocycles. The molecule has 1 saturated heterocycles. The molecule has 9 nitrogen and oxygen atoms in total. The number of carbonyl (C=O) groups is 1. The monoisotopic (exact) mass is 447 g/mol. The second-order valence-electron chi connectivity index (χ2n) is 7.33. The Morgan fingerprint density at radius 1 is 1.03 bits per heavy atom. The van der Waals surface area contributed by atoms with Crippen LogP contribution in [0.25, 0.3) is 0 Å². The fourth-order valence-electron chi connectivity index (χ4n) is 3.50. The average Bonchev–Trinajstić information content (AvgIpc) is 2.73. The molecule has 0 atom stereocenters. The Labute approximate surface area is 181 Å². The van der Waals surface area contributed by atoms with Gasteiger partial charge in [0.05, 0.1) is 22.6 Å². The number of non-ortho nitro benzene ring substituents is 1.